The van der Waals surface area contributed by atoms with Crippen molar-refractivity contribution in [2.45, 2.75) is 70.5 Å². The Labute approximate surface area is 205 Å². The van der Waals surface area contributed by atoms with Gasteiger partial charge in [0.25, 0.3) is 0 Å². The zero-order valence-corrected chi connectivity index (χ0v) is 19.6. The molecule has 1 aliphatic carbocycles. The van der Waals surface area contributed by atoms with Gasteiger partial charge in [-0.05, 0) is 31.7 Å². The topological polar surface area (TPSA) is 90.9 Å². The summed E-state index contributed by atoms with van der Waals surface area (Å²) >= 11 is 0. The number of carboxylic acid groups (broad SMARTS) is 1. The van der Waals surface area contributed by atoms with Crippen LogP contribution in [0.3, 0.4) is 0 Å². The summed E-state index contributed by atoms with van der Waals surface area (Å²) in [5.41, 5.74) is 0.968. The van der Waals surface area contributed by atoms with Crippen LogP contribution in [0.5, 0.6) is 0 Å². The van der Waals surface area contributed by atoms with Gasteiger partial charge in [0.05, 0.1) is 12.2 Å². The summed E-state index contributed by atoms with van der Waals surface area (Å²) in [7, 11) is 0. The van der Waals surface area contributed by atoms with Crippen molar-refractivity contribution < 1.29 is 77.3 Å². The maximum Gasteiger partial charge on any atom is 1.00 e. The zero-order valence-electron chi connectivity index (χ0n) is 17.4. The first kappa shape index (κ1) is 24.6. The predicted molar refractivity (Wildman–Crippen MR) is 99.8 cm³/mol. The van der Waals surface area contributed by atoms with Crippen LogP contribution in [0, 0.1) is 17.8 Å². The van der Waals surface area contributed by atoms with Gasteiger partial charge in [-0.3, -0.25) is 4.79 Å². The van der Waals surface area contributed by atoms with E-state index in [4.69, 9.17) is 9.52 Å². The van der Waals surface area contributed by atoms with Crippen LogP contribution in [-0.4, -0.2) is 33.5 Å². The molecule has 0 radical (unpaired) electrons. The fourth-order valence-electron chi connectivity index (χ4n) is 3.20. The summed E-state index contributed by atoms with van der Waals surface area (Å²) in [6.45, 7) is 3.73. The number of unbranched alkanes of at least 4 members (excludes halogenated alkanes) is 1. The van der Waals surface area contributed by atoms with Crippen molar-refractivity contribution in [2.75, 3.05) is 0 Å². The molecule has 1 aromatic heterocycles. The van der Waals surface area contributed by atoms with Gasteiger partial charge in [-0.2, -0.15) is 0 Å². The maximum absolute atomic E-state index is 10.5. The molecule has 0 saturated heterocycles. The van der Waals surface area contributed by atoms with Crippen molar-refractivity contribution in [1.82, 2.24) is 0 Å². The first-order chi connectivity index (χ1) is 12.4. The molecule has 0 spiro atoms. The first-order valence-electron chi connectivity index (χ1n) is 9.19. The minimum absolute atomic E-state index is 0. The number of furan rings is 1. The first-order valence-corrected chi connectivity index (χ1v) is 9.19. The molecule has 1 aliphatic rings. The number of aliphatic hydroxyl groups is 2. The molecule has 0 bridgehead atoms. The van der Waals surface area contributed by atoms with Crippen molar-refractivity contribution in [3.8, 4) is 11.8 Å². The van der Waals surface area contributed by atoms with Gasteiger partial charge in [-0.1, -0.05) is 19.1 Å². The molecule has 1 heterocycles. The van der Waals surface area contributed by atoms with E-state index >= 15 is 0 Å². The van der Waals surface area contributed by atoms with Gasteiger partial charge in [-0.15, -0.1) is 11.8 Å². The molecule has 0 fully saturated rings. The van der Waals surface area contributed by atoms with Gasteiger partial charge in [-0.25, -0.2) is 0 Å². The van der Waals surface area contributed by atoms with Crippen molar-refractivity contribution >= 4 is 5.97 Å². The molecule has 144 valence electrons. The number of hydrogen-bond acceptors (Lipinski definition) is 4. The zero-order chi connectivity index (χ0) is 19.1. The normalized spacial score (nSPS) is 20.4. The van der Waals surface area contributed by atoms with E-state index in [1.165, 1.54) is 0 Å². The molecule has 6 heteroatoms. The number of hydrogen-bond donors (Lipinski definition) is 3. The predicted octanol–water partition coefficient (Wildman–Crippen LogP) is 0.161. The van der Waals surface area contributed by atoms with Crippen molar-refractivity contribution in [3.63, 3.8) is 0 Å². The summed E-state index contributed by atoms with van der Waals surface area (Å²) in [6, 6.07) is 1.96. The van der Waals surface area contributed by atoms with Crippen LogP contribution in [0.4, 0.5) is 0 Å². The summed E-state index contributed by atoms with van der Waals surface area (Å²) in [4.78, 5) is 10.5. The van der Waals surface area contributed by atoms with Crippen LogP contribution in [-0.2, 0) is 17.6 Å². The second-order valence-corrected chi connectivity index (χ2v) is 6.97. The van der Waals surface area contributed by atoms with E-state index in [0.717, 1.165) is 23.5 Å². The second kappa shape index (κ2) is 12.2. The van der Waals surface area contributed by atoms with E-state index in [-0.39, 0.29) is 71.1 Å². The number of carboxylic acids is 1. The Morgan fingerprint density at radius 1 is 1.48 bits per heavy atom. The number of rotatable bonds is 9. The standard InChI is InChI=1S/C21H28O5.K.H/c1-3-4-7-14(2)18(22)11-10-16-17-12-15(8-5-6-9-21(24)25)26-20(17)13-19(16)23;;/h10-12,14,16,18-19,22-23H,5-9,13H2,1-2H3,(H,24,25);;/q;+1;-1/b11-10+;;/t14?,16-,18-,19-;;/m1../s1. The summed E-state index contributed by atoms with van der Waals surface area (Å²) in [6.07, 6.45) is 5.80. The minimum atomic E-state index is -0.780. The van der Waals surface area contributed by atoms with Crippen LogP contribution in [0.2, 0.25) is 0 Å². The van der Waals surface area contributed by atoms with Crippen LogP contribution >= 0.6 is 0 Å². The third-order valence-electron chi connectivity index (χ3n) is 4.82. The Balaban J connectivity index is 0.00000364. The molecule has 0 amide bonds. The third kappa shape index (κ3) is 7.50. The van der Waals surface area contributed by atoms with E-state index in [9.17, 15) is 15.0 Å². The van der Waals surface area contributed by atoms with Crippen molar-refractivity contribution in [2.24, 2.45) is 5.92 Å². The molecule has 0 aliphatic heterocycles. The number of aliphatic carboxylic acids is 1. The average Bonchev–Trinajstić information content (AvgIpc) is 3.10. The van der Waals surface area contributed by atoms with Gasteiger partial charge in [0.1, 0.15) is 11.5 Å². The number of aliphatic hydroxyl groups excluding tert-OH is 2. The van der Waals surface area contributed by atoms with Gasteiger partial charge >= 0.3 is 57.4 Å². The molecule has 2 rings (SSSR count). The van der Waals surface area contributed by atoms with Crippen molar-refractivity contribution in [3.05, 3.63) is 35.3 Å². The summed E-state index contributed by atoms with van der Waals surface area (Å²) in [5, 5.41) is 29.2. The molecule has 4 atom stereocenters. The molecule has 0 saturated carbocycles. The Kier molecular flexibility index (Phi) is 11.2. The largest absolute Gasteiger partial charge is 1.00 e. The molecule has 1 aromatic rings. The van der Waals surface area contributed by atoms with Crippen LogP contribution < -0.4 is 51.4 Å². The SMILES string of the molecule is CC#CCC(C)[C@H](O)/C=C/[C@@H]1c2cc(CCCCC(=O)O)oc2C[C@H]1O.[H-].[K+]. The van der Waals surface area contributed by atoms with E-state index in [0.29, 0.717) is 25.7 Å². The number of fused-ring (bicyclic) bond motifs is 1. The average molecular weight is 401 g/mol. The van der Waals surface area contributed by atoms with Crippen LogP contribution in [0.15, 0.2) is 22.6 Å². The van der Waals surface area contributed by atoms with Crippen LogP contribution in [0.1, 0.15) is 64.0 Å². The second-order valence-electron chi connectivity index (χ2n) is 6.97. The Bertz CT molecular complexity index is 703. The van der Waals surface area contributed by atoms with Gasteiger partial charge in [0.2, 0.25) is 0 Å². The third-order valence-corrected chi connectivity index (χ3v) is 4.82. The van der Waals surface area contributed by atoms with Crippen LogP contribution in [0.25, 0.3) is 0 Å². The molecule has 1 unspecified atom stereocenters. The Morgan fingerprint density at radius 3 is 2.89 bits per heavy atom. The van der Waals surface area contributed by atoms with Gasteiger partial charge in [0.15, 0.2) is 0 Å². The smallest absolute Gasteiger partial charge is 1.00 e. The molecule has 5 nitrogen and oxygen atoms in total. The van der Waals surface area contributed by atoms with E-state index in [1.807, 2.05) is 19.1 Å². The monoisotopic (exact) mass is 400 g/mol. The molecule has 0 aromatic carbocycles. The van der Waals surface area contributed by atoms with E-state index in [2.05, 4.69) is 11.8 Å². The van der Waals surface area contributed by atoms with Gasteiger partial charge < -0.3 is 21.2 Å². The fraction of sp³-hybridized carbons (Fsp3) is 0.571. The van der Waals surface area contributed by atoms with Gasteiger partial charge in [0, 0.05) is 37.2 Å². The molecular formula is C21H29KO5. The summed E-state index contributed by atoms with van der Waals surface area (Å²) < 4.78 is 5.82. The minimum Gasteiger partial charge on any atom is -1.00 e. The molecular weight excluding hydrogens is 371 g/mol. The van der Waals surface area contributed by atoms with E-state index in [1.54, 1.807) is 13.0 Å². The molecule has 27 heavy (non-hydrogen) atoms. The van der Waals surface area contributed by atoms with E-state index < -0.39 is 18.2 Å². The summed E-state index contributed by atoms with van der Waals surface area (Å²) in [5.74, 6) is 6.50. The Hall–Kier alpha value is -0.394. The maximum atomic E-state index is 10.5. The number of carbonyl (C=O) groups is 1. The fourth-order valence-corrected chi connectivity index (χ4v) is 3.20. The quantitative estimate of drug-likeness (QED) is 0.238. The molecule has 3 N–H and O–H groups in total. The Morgan fingerprint density at radius 2 is 2.22 bits per heavy atom. The van der Waals surface area contributed by atoms with Crippen molar-refractivity contribution in [1.29, 1.82) is 0 Å². The number of aryl methyl sites for hydroxylation is 1.